The van der Waals surface area contributed by atoms with Gasteiger partial charge in [-0.3, -0.25) is 4.79 Å². The summed E-state index contributed by atoms with van der Waals surface area (Å²) < 4.78 is 18.7. The fourth-order valence-electron chi connectivity index (χ4n) is 1.90. The van der Waals surface area contributed by atoms with Crippen molar-refractivity contribution in [1.82, 2.24) is 4.90 Å². The van der Waals surface area contributed by atoms with E-state index < -0.39 is 0 Å². The Hall–Kier alpha value is -2.01. The highest BCUT2D eigenvalue weighted by Gasteiger charge is 2.12. The second-order valence-corrected chi connectivity index (χ2v) is 5.85. The Morgan fingerprint density at radius 3 is 2.50 bits per heavy atom. The minimum Gasteiger partial charge on any atom is -0.497 e. The molecule has 1 amide bonds. The van der Waals surface area contributed by atoms with Crippen LogP contribution in [0, 0.1) is 5.82 Å². The van der Waals surface area contributed by atoms with Crippen molar-refractivity contribution in [2.75, 3.05) is 19.9 Å². The highest BCUT2D eigenvalue weighted by atomic mass is 32.2. The van der Waals surface area contributed by atoms with Crippen molar-refractivity contribution in [3.05, 3.63) is 59.9 Å². The van der Waals surface area contributed by atoms with Gasteiger partial charge in [0, 0.05) is 24.1 Å². The van der Waals surface area contributed by atoms with Crippen molar-refractivity contribution in [3.8, 4) is 5.75 Å². The van der Waals surface area contributed by atoms with Crippen molar-refractivity contribution >= 4 is 17.7 Å². The number of methoxy groups -OCH3 is 1. The molecular weight excluding hydrogens is 301 g/mol. The third kappa shape index (κ3) is 4.49. The van der Waals surface area contributed by atoms with Gasteiger partial charge in [0.25, 0.3) is 0 Å². The lowest BCUT2D eigenvalue weighted by Gasteiger charge is -2.17. The summed E-state index contributed by atoms with van der Waals surface area (Å²) in [5.74, 6) is 0.776. The van der Waals surface area contributed by atoms with Crippen LogP contribution in [0.5, 0.6) is 5.75 Å². The molecule has 0 bridgehead atoms. The van der Waals surface area contributed by atoms with Gasteiger partial charge < -0.3 is 9.64 Å². The van der Waals surface area contributed by atoms with Gasteiger partial charge in [-0.05, 0) is 30.3 Å². The molecule has 0 aliphatic heterocycles. The van der Waals surface area contributed by atoms with Gasteiger partial charge in [-0.25, -0.2) is 4.39 Å². The Morgan fingerprint density at radius 1 is 1.18 bits per heavy atom. The largest absolute Gasteiger partial charge is 0.497 e. The SMILES string of the molecule is COc1ccc(SCC(=O)N(C)Cc2ccccc2F)cc1. The van der Waals surface area contributed by atoms with E-state index in [9.17, 15) is 9.18 Å². The molecule has 0 fully saturated rings. The first-order valence-corrected chi connectivity index (χ1v) is 7.83. The average molecular weight is 319 g/mol. The third-order valence-corrected chi connectivity index (χ3v) is 4.21. The van der Waals surface area contributed by atoms with Crippen LogP contribution in [0.1, 0.15) is 5.56 Å². The van der Waals surface area contributed by atoms with E-state index in [1.807, 2.05) is 24.3 Å². The minimum atomic E-state index is -0.287. The van der Waals surface area contributed by atoms with Crippen LogP contribution in [0.15, 0.2) is 53.4 Å². The maximum Gasteiger partial charge on any atom is 0.232 e. The highest BCUT2D eigenvalue weighted by molar-refractivity contribution is 8.00. The van der Waals surface area contributed by atoms with E-state index >= 15 is 0 Å². The van der Waals surface area contributed by atoms with Gasteiger partial charge in [-0.1, -0.05) is 18.2 Å². The molecule has 2 aromatic carbocycles. The van der Waals surface area contributed by atoms with Crippen molar-refractivity contribution < 1.29 is 13.9 Å². The van der Waals surface area contributed by atoms with Gasteiger partial charge in [0.15, 0.2) is 0 Å². The van der Waals surface area contributed by atoms with E-state index in [0.29, 0.717) is 11.3 Å². The standard InChI is InChI=1S/C17H18FNO2S/c1-19(11-13-5-3-4-6-16(13)18)17(20)12-22-15-9-7-14(21-2)8-10-15/h3-10H,11-12H2,1-2H3. The van der Waals surface area contributed by atoms with E-state index in [2.05, 4.69) is 0 Å². The molecule has 2 rings (SSSR count). The molecule has 0 aliphatic carbocycles. The molecule has 0 aromatic heterocycles. The van der Waals surface area contributed by atoms with E-state index in [4.69, 9.17) is 4.74 Å². The first-order chi connectivity index (χ1) is 10.6. The lowest BCUT2D eigenvalue weighted by molar-refractivity contribution is -0.127. The summed E-state index contributed by atoms with van der Waals surface area (Å²) in [6.45, 7) is 0.272. The second-order valence-electron chi connectivity index (χ2n) is 4.81. The molecule has 0 heterocycles. The maximum atomic E-state index is 13.6. The maximum absolute atomic E-state index is 13.6. The van der Waals surface area contributed by atoms with Gasteiger partial charge >= 0.3 is 0 Å². The predicted molar refractivity (Wildman–Crippen MR) is 86.6 cm³/mol. The molecule has 3 nitrogen and oxygen atoms in total. The van der Waals surface area contributed by atoms with Crippen molar-refractivity contribution in [3.63, 3.8) is 0 Å². The normalized spacial score (nSPS) is 10.3. The van der Waals surface area contributed by atoms with E-state index in [-0.39, 0.29) is 18.3 Å². The van der Waals surface area contributed by atoms with Crippen LogP contribution < -0.4 is 4.74 Å². The molecule has 116 valence electrons. The molecule has 0 N–H and O–H groups in total. The molecule has 0 spiro atoms. The Balaban J connectivity index is 1.87. The monoisotopic (exact) mass is 319 g/mol. The van der Waals surface area contributed by atoms with Crippen LogP contribution in [0.25, 0.3) is 0 Å². The Kier molecular flexibility index (Phi) is 5.83. The smallest absolute Gasteiger partial charge is 0.232 e. The summed E-state index contributed by atoms with van der Waals surface area (Å²) in [7, 11) is 3.30. The Morgan fingerprint density at radius 2 is 1.86 bits per heavy atom. The van der Waals surface area contributed by atoms with Gasteiger partial charge in [-0.15, -0.1) is 11.8 Å². The van der Waals surface area contributed by atoms with Crippen LogP contribution in [-0.4, -0.2) is 30.7 Å². The molecule has 0 radical (unpaired) electrons. The van der Waals surface area contributed by atoms with Crippen LogP contribution in [0.4, 0.5) is 4.39 Å². The number of ether oxygens (including phenoxy) is 1. The summed E-state index contributed by atoms with van der Waals surface area (Å²) in [5, 5.41) is 0. The quantitative estimate of drug-likeness (QED) is 0.762. The number of benzene rings is 2. The zero-order valence-corrected chi connectivity index (χ0v) is 13.4. The Bertz CT molecular complexity index is 631. The number of hydrogen-bond acceptors (Lipinski definition) is 3. The minimum absolute atomic E-state index is 0.0379. The van der Waals surface area contributed by atoms with Gasteiger partial charge in [0.1, 0.15) is 11.6 Å². The third-order valence-electron chi connectivity index (χ3n) is 3.21. The van der Waals surface area contributed by atoms with Crippen molar-refractivity contribution in [2.24, 2.45) is 0 Å². The van der Waals surface area contributed by atoms with Crippen molar-refractivity contribution in [2.45, 2.75) is 11.4 Å². The molecule has 0 atom stereocenters. The fourth-order valence-corrected chi connectivity index (χ4v) is 2.74. The number of carbonyl (C=O) groups excluding carboxylic acids is 1. The van der Waals surface area contributed by atoms with E-state index in [0.717, 1.165) is 10.6 Å². The topological polar surface area (TPSA) is 29.5 Å². The van der Waals surface area contributed by atoms with Crippen LogP contribution in [-0.2, 0) is 11.3 Å². The highest BCUT2D eigenvalue weighted by Crippen LogP contribution is 2.21. The first kappa shape index (κ1) is 16.4. The van der Waals surface area contributed by atoms with Crippen LogP contribution >= 0.6 is 11.8 Å². The molecule has 2 aromatic rings. The molecule has 0 saturated heterocycles. The molecule has 0 unspecified atom stereocenters. The fraction of sp³-hybridized carbons (Fsp3) is 0.235. The number of hydrogen-bond donors (Lipinski definition) is 0. The average Bonchev–Trinajstić information content (AvgIpc) is 2.55. The molecular formula is C17H18FNO2S. The summed E-state index contributed by atoms with van der Waals surface area (Å²) in [6, 6.07) is 14.0. The van der Waals surface area contributed by atoms with Gasteiger partial charge in [-0.2, -0.15) is 0 Å². The number of carbonyl (C=O) groups is 1. The molecule has 0 aliphatic rings. The number of nitrogens with zero attached hydrogens (tertiary/aromatic N) is 1. The zero-order valence-electron chi connectivity index (χ0n) is 12.6. The van der Waals surface area contributed by atoms with E-state index in [1.54, 1.807) is 32.4 Å². The number of amides is 1. The summed E-state index contributed by atoms with van der Waals surface area (Å²) in [6.07, 6.45) is 0. The van der Waals surface area contributed by atoms with Crippen LogP contribution in [0.2, 0.25) is 0 Å². The number of thioether (sulfide) groups is 1. The first-order valence-electron chi connectivity index (χ1n) is 6.84. The molecule has 5 heteroatoms. The predicted octanol–water partition coefficient (Wildman–Crippen LogP) is 3.59. The van der Waals surface area contributed by atoms with Crippen LogP contribution in [0.3, 0.4) is 0 Å². The van der Waals surface area contributed by atoms with E-state index in [1.165, 1.54) is 22.7 Å². The molecule has 0 saturated carbocycles. The Labute approximate surface area is 134 Å². The number of rotatable bonds is 6. The second kappa shape index (κ2) is 7.84. The van der Waals surface area contributed by atoms with Gasteiger partial charge in [0.2, 0.25) is 5.91 Å². The zero-order chi connectivity index (χ0) is 15.9. The van der Waals surface area contributed by atoms with Crippen molar-refractivity contribution in [1.29, 1.82) is 0 Å². The lowest BCUT2D eigenvalue weighted by Crippen LogP contribution is -2.28. The summed E-state index contributed by atoms with van der Waals surface area (Å²) in [4.78, 5) is 14.6. The van der Waals surface area contributed by atoms with Gasteiger partial charge in [0.05, 0.1) is 12.9 Å². The number of halogens is 1. The summed E-state index contributed by atoms with van der Waals surface area (Å²) >= 11 is 1.45. The summed E-state index contributed by atoms with van der Waals surface area (Å²) in [5.41, 5.74) is 0.521. The lowest BCUT2D eigenvalue weighted by atomic mass is 10.2. The molecule has 22 heavy (non-hydrogen) atoms.